The van der Waals surface area contributed by atoms with Gasteiger partial charge in [0.1, 0.15) is 11.4 Å². The monoisotopic (exact) mass is 411 g/mol. The molecule has 7 heteroatoms. The molecule has 2 amide bonds. The normalized spacial score (nSPS) is 13.9. The fourth-order valence-corrected chi connectivity index (χ4v) is 4.15. The second-order valence-electron chi connectivity index (χ2n) is 7.23. The number of nitrogens with zero attached hydrogens (tertiary/aromatic N) is 2. The Morgan fingerprint density at radius 2 is 2.00 bits per heavy atom. The number of carbonyl (C=O) groups excluding carboxylic acids is 2. The van der Waals surface area contributed by atoms with Crippen LogP contribution in [0, 0.1) is 6.92 Å². The molecule has 1 saturated heterocycles. The fourth-order valence-electron chi connectivity index (χ4n) is 3.89. The zero-order valence-corrected chi connectivity index (χ0v) is 17.3. The molecule has 4 rings (SSSR count). The van der Waals surface area contributed by atoms with Crippen molar-refractivity contribution < 1.29 is 14.3 Å². The molecule has 3 aromatic rings. The van der Waals surface area contributed by atoms with E-state index in [1.807, 2.05) is 36.7 Å². The Labute approximate surface area is 174 Å². The number of methoxy groups -OCH3 is 1. The predicted molar refractivity (Wildman–Crippen MR) is 115 cm³/mol. The Bertz CT molecular complexity index is 1140. The molecule has 0 atom stereocenters. The number of fused-ring (bicyclic) bond motifs is 1. The van der Waals surface area contributed by atoms with E-state index in [1.54, 1.807) is 23.1 Å². The van der Waals surface area contributed by atoms with E-state index in [0.29, 0.717) is 40.8 Å². The van der Waals surface area contributed by atoms with Crippen molar-refractivity contribution in [2.45, 2.75) is 19.8 Å². The Balaban J connectivity index is 1.82. The number of anilines is 2. The number of hydrogen-bond acceptors (Lipinski definition) is 3. The van der Waals surface area contributed by atoms with Crippen molar-refractivity contribution in [3.8, 4) is 5.75 Å². The van der Waals surface area contributed by atoms with E-state index in [-0.39, 0.29) is 11.8 Å². The zero-order chi connectivity index (χ0) is 20.7. The predicted octanol–water partition coefficient (Wildman–Crippen LogP) is 4.53. The third-order valence-corrected chi connectivity index (χ3v) is 5.59. The van der Waals surface area contributed by atoms with Crippen LogP contribution in [-0.4, -0.2) is 30.0 Å². The van der Waals surface area contributed by atoms with Crippen LogP contribution in [0.5, 0.6) is 5.75 Å². The van der Waals surface area contributed by atoms with E-state index in [9.17, 15) is 9.59 Å². The van der Waals surface area contributed by atoms with E-state index < -0.39 is 0 Å². The van der Waals surface area contributed by atoms with Gasteiger partial charge in [0.2, 0.25) is 5.91 Å². The lowest BCUT2D eigenvalue weighted by atomic mass is 10.1. The molecule has 1 aromatic heterocycles. The highest BCUT2D eigenvalue weighted by molar-refractivity contribution is 6.32. The first kappa shape index (κ1) is 19.3. The van der Waals surface area contributed by atoms with Crippen LogP contribution in [0.3, 0.4) is 0 Å². The summed E-state index contributed by atoms with van der Waals surface area (Å²) in [6.45, 7) is 2.61. The minimum atomic E-state index is -0.294. The van der Waals surface area contributed by atoms with Gasteiger partial charge in [-0.25, -0.2) is 0 Å². The molecule has 150 valence electrons. The average Bonchev–Trinajstić information content (AvgIpc) is 3.22. The molecule has 1 N–H and O–H groups in total. The Hall–Kier alpha value is -2.99. The van der Waals surface area contributed by atoms with Crippen molar-refractivity contribution >= 4 is 45.7 Å². The highest BCUT2D eigenvalue weighted by atomic mass is 35.5. The smallest absolute Gasteiger partial charge is 0.274 e. The first-order valence-corrected chi connectivity index (χ1v) is 9.83. The van der Waals surface area contributed by atoms with Gasteiger partial charge < -0.3 is 19.5 Å². The van der Waals surface area contributed by atoms with Crippen molar-refractivity contribution in [3.05, 3.63) is 52.7 Å². The minimum absolute atomic E-state index is 0.0422. The summed E-state index contributed by atoms with van der Waals surface area (Å²) >= 11 is 6.19. The number of ether oxygens (including phenoxy) is 1. The van der Waals surface area contributed by atoms with Gasteiger partial charge in [-0.15, -0.1) is 0 Å². The number of aryl methyl sites for hydroxylation is 2. The minimum Gasteiger partial charge on any atom is -0.495 e. The molecule has 6 nitrogen and oxygen atoms in total. The SMILES string of the molecule is COc1ccc(NC(=O)c2c(N3CCCC3=O)c3cc(C)ccc3n2C)cc1Cl. The summed E-state index contributed by atoms with van der Waals surface area (Å²) in [5.74, 6) is 0.283. The van der Waals surface area contributed by atoms with Gasteiger partial charge in [-0.3, -0.25) is 9.59 Å². The van der Waals surface area contributed by atoms with Gasteiger partial charge in [0.25, 0.3) is 5.91 Å². The molecular formula is C22H22ClN3O3. The van der Waals surface area contributed by atoms with Gasteiger partial charge in [-0.2, -0.15) is 0 Å². The van der Waals surface area contributed by atoms with Crippen molar-refractivity contribution in [2.75, 3.05) is 23.9 Å². The molecule has 0 unspecified atom stereocenters. The maximum Gasteiger partial charge on any atom is 0.274 e. The van der Waals surface area contributed by atoms with Gasteiger partial charge in [0.15, 0.2) is 0 Å². The Morgan fingerprint density at radius 3 is 2.66 bits per heavy atom. The summed E-state index contributed by atoms with van der Waals surface area (Å²) < 4.78 is 7.01. The molecule has 1 aliphatic heterocycles. The number of nitrogens with one attached hydrogen (secondary N) is 1. The molecular weight excluding hydrogens is 390 g/mol. The lowest BCUT2D eigenvalue weighted by molar-refractivity contribution is -0.117. The standard InChI is InChI=1S/C22H22ClN3O3/c1-13-6-8-17-15(11-13)20(26-10-4-5-19(26)27)21(25(17)2)22(28)24-14-7-9-18(29-3)16(23)12-14/h6-9,11-12H,4-5,10H2,1-3H3,(H,24,28). The number of amides is 2. The second kappa shape index (κ2) is 7.44. The van der Waals surface area contributed by atoms with Gasteiger partial charge >= 0.3 is 0 Å². The summed E-state index contributed by atoms with van der Waals surface area (Å²) in [7, 11) is 3.38. The van der Waals surface area contributed by atoms with Gasteiger partial charge in [-0.1, -0.05) is 23.2 Å². The van der Waals surface area contributed by atoms with Crippen LogP contribution in [0.15, 0.2) is 36.4 Å². The molecule has 1 fully saturated rings. The van der Waals surface area contributed by atoms with E-state index in [2.05, 4.69) is 5.32 Å². The molecule has 0 radical (unpaired) electrons. The van der Waals surface area contributed by atoms with Crippen molar-refractivity contribution in [1.82, 2.24) is 4.57 Å². The van der Waals surface area contributed by atoms with E-state index >= 15 is 0 Å². The largest absolute Gasteiger partial charge is 0.495 e. The number of benzene rings is 2. The van der Waals surface area contributed by atoms with Crippen molar-refractivity contribution in [3.63, 3.8) is 0 Å². The highest BCUT2D eigenvalue weighted by Gasteiger charge is 2.31. The lowest BCUT2D eigenvalue weighted by Crippen LogP contribution is -2.27. The van der Waals surface area contributed by atoms with E-state index in [1.165, 1.54) is 7.11 Å². The summed E-state index contributed by atoms with van der Waals surface area (Å²) in [5.41, 5.74) is 3.66. The number of hydrogen-bond donors (Lipinski definition) is 1. The Morgan fingerprint density at radius 1 is 1.21 bits per heavy atom. The number of aromatic nitrogens is 1. The zero-order valence-electron chi connectivity index (χ0n) is 16.6. The van der Waals surface area contributed by atoms with Crippen LogP contribution in [0.1, 0.15) is 28.9 Å². The van der Waals surface area contributed by atoms with Gasteiger partial charge in [0.05, 0.1) is 23.3 Å². The average molecular weight is 412 g/mol. The topological polar surface area (TPSA) is 63.6 Å². The molecule has 0 spiro atoms. The van der Waals surface area contributed by atoms with Crippen molar-refractivity contribution in [2.24, 2.45) is 7.05 Å². The maximum absolute atomic E-state index is 13.3. The molecule has 29 heavy (non-hydrogen) atoms. The lowest BCUT2D eigenvalue weighted by Gasteiger charge is -2.18. The molecule has 2 heterocycles. The van der Waals surface area contributed by atoms with Crippen LogP contribution in [0.4, 0.5) is 11.4 Å². The van der Waals surface area contributed by atoms with E-state index in [0.717, 1.165) is 22.9 Å². The quantitative estimate of drug-likeness (QED) is 0.686. The van der Waals surface area contributed by atoms with Crippen LogP contribution >= 0.6 is 11.6 Å². The van der Waals surface area contributed by atoms with Crippen molar-refractivity contribution in [1.29, 1.82) is 0 Å². The summed E-state index contributed by atoms with van der Waals surface area (Å²) in [6, 6.07) is 11.1. The fraction of sp³-hybridized carbons (Fsp3) is 0.273. The number of halogens is 1. The van der Waals surface area contributed by atoms with Gasteiger partial charge in [0, 0.05) is 31.1 Å². The summed E-state index contributed by atoms with van der Waals surface area (Å²) in [5, 5.41) is 4.22. The third-order valence-electron chi connectivity index (χ3n) is 5.30. The van der Waals surface area contributed by atoms with Crippen LogP contribution < -0.4 is 15.0 Å². The summed E-state index contributed by atoms with van der Waals surface area (Å²) in [6.07, 6.45) is 1.29. The molecule has 0 saturated carbocycles. The molecule has 1 aliphatic rings. The third kappa shape index (κ3) is 3.34. The summed E-state index contributed by atoms with van der Waals surface area (Å²) in [4.78, 5) is 27.5. The van der Waals surface area contributed by atoms with Crippen LogP contribution in [0.2, 0.25) is 5.02 Å². The first-order valence-electron chi connectivity index (χ1n) is 9.45. The van der Waals surface area contributed by atoms with Crippen LogP contribution in [-0.2, 0) is 11.8 Å². The maximum atomic E-state index is 13.3. The number of carbonyl (C=O) groups is 2. The highest BCUT2D eigenvalue weighted by Crippen LogP contribution is 2.37. The molecule has 0 bridgehead atoms. The second-order valence-corrected chi connectivity index (χ2v) is 7.64. The number of rotatable bonds is 4. The molecule has 0 aliphatic carbocycles. The van der Waals surface area contributed by atoms with Crippen LogP contribution in [0.25, 0.3) is 10.9 Å². The van der Waals surface area contributed by atoms with Gasteiger partial charge in [-0.05, 0) is 43.7 Å². The van der Waals surface area contributed by atoms with E-state index in [4.69, 9.17) is 16.3 Å². The first-order chi connectivity index (χ1) is 13.9. The molecule has 2 aromatic carbocycles. The Kier molecular flexibility index (Phi) is 4.96.